The molecule has 1 aromatic rings. The summed E-state index contributed by atoms with van der Waals surface area (Å²) in [6, 6.07) is 8.72. The van der Waals surface area contributed by atoms with E-state index in [1.165, 1.54) is 11.1 Å². The van der Waals surface area contributed by atoms with Crippen LogP contribution in [-0.4, -0.2) is 8.07 Å². The van der Waals surface area contributed by atoms with E-state index in [1.807, 2.05) is 0 Å². The molecule has 78 valence electrons. The van der Waals surface area contributed by atoms with E-state index in [4.69, 9.17) is 11.6 Å². The normalized spacial score (nSPS) is 14.1. The molecular formula is C12H19ClSi. The fourth-order valence-electron chi connectivity index (χ4n) is 1.42. The van der Waals surface area contributed by atoms with Crippen LogP contribution in [-0.2, 0) is 6.42 Å². The minimum Gasteiger partial charge on any atom is -0.122 e. The molecule has 0 N–H and O–H groups in total. The van der Waals surface area contributed by atoms with E-state index in [0.717, 1.165) is 6.42 Å². The number of benzene rings is 1. The van der Waals surface area contributed by atoms with Crippen LogP contribution in [0.1, 0.15) is 23.1 Å². The van der Waals surface area contributed by atoms with Crippen LogP contribution in [0, 0.1) is 0 Å². The predicted molar refractivity (Wildman–Crippen MR) is 67.8 cm³/mol. The van der Waals surface area contributed by atoms with E-state index in [-0.39, 0.29) is 5.00 Å². The Balaban J connectivity index is 2.87. The quantitative estimate of drug-likeness (QED) is 0.529. The summed E-state index contributed by atoms with van der Waals surface area (Å²) in [4.78, 5) is 0. The molecule has 0 radical (unpaired) electrons. The lowest BCUT2D eigenvalue weighted by molar-refractivity contribution is 1.13. The van der Waals surface area contributed by atoms with Gasteiger partial charge in [0.15, 0.2) is 0 Å². The first-order valence-electron chi connectivity index (χ1n) is 5.18. The Bertz CT molecular complexity index is 284. The van der Waals surface area contributed by atoms with Gasteiger partial charge in [0, 0.05) is 0 Å². The fourth-order valence-corrected chi connectivity index (χ4v) is 2.76. The Kier molecular flexibility index (Phi) is 3.79. The molecule has 1 unspecified atom stereocenters. The van der Waals surface area contributed by atoms with Gasteiger partial charge in [0.25, 0.3) is 0 Å². The van der Waals surface area contributed by atoms with Crippen LogP contribution in [0.25, 0.3) is 0 Å². The van der Waals surface area contributed by atoms with Gasteiger partial charge < -0.3 is 0 Å². The predicted octanol–water partition coefficient (Wildman–Crippen LogP) is 4.41. The van der Waals surface area contributed by atoms with Crippen LogP contribution in [0.5, 0.6) is 0 Å². The highest BCUT2D eigenvalue weighted by Gasteiger charge is 2.25. The highest BCUT2D eigenvalue weighted by molar-refractivity contribution is 6.83. The summed E-state index contributed by atoms with van der Waals surface area (Å²) in [5, 5.41) is 0.230. The molecule has 14 heavy (non-hydrogen) atoms. The summed E-state index contributed by atoms with van der Waals surface area (Å²) in [5.74, 6) is 0. The van der Waals surface area contributed by atoms with Crippen molar-refractivity contribution in [1.29, 1.82) is 0 Å². The van der Waals surface area contributed by atoms with Crippen molar-refractivity contribution in [3.05, 3.63) is 35.4 Å². The lowest BCUT2D eigenvalue weighted by Crippen LogP contribution is -2.27. The fraction of sp³-hybridized carbons (Fsp3) is 0.500. The SMILES string of the molecule is CCc1ccc(C(Cl)[Si](C)(C)C)cc1. The molecule has 1 aromatic carbocycles. The maximum absolute atomic E-state index is 6.44. The topological polar surface area (TPSA) is 0 Å². The maximum atomic E-state index is 6.44. The zero-order valence-electron chi connectivity index (χ0n) is 9.47. The Morgan fingerprint density at radius 1 is 1.14 bits per heavy atom. The second kappa shape index (κ2) is 4.50. The first-order valence-corrected chi connectivity index (χ1v) is 9.19. The van der Waals surface area contributed by atoms with Crippen molar-refractivity contribution < 1.29 is 0 Å². The van der Waals surface area contributed by atoms with E-state index < -0.39 is 8.07 Å². The molecule has 2 heteroatoms. The van der Waals surface area contributed by atoms with Crippen LogP contribution in [0.2, 0.25) is 19.6 Å². The third-order valence-electron chi connectivity index (χ3n) is 2.44. The minimum atomic E-state index is -1.26. The van der Waals surface area contributed by atoms with Gasteiger partial charge in [-0.15, -0.1) is 11.6 Å². The van der Waals surface area contributed by atoms with Gasteiger partial charge in [0.05, 0.1) is 13.1 Å². The van der Waals surface area contributed by atoms with Crippen molar-refractivity contribution in [3.63, 3.8) is 0 Å². The monoisotopic (exact) mass is 226 g/mol. The summed E-state index contributed by atoms with van der Waals surface area (Å²) >= 11 is 6.44. The largest absolute Gasteiger partial charge is 0.122 e. The van der Waals surface area contributed by atoms with Crippen molar-refractivity contribution in [2.24, 2.45) is 0 Å². The molecule has 0 aromatic heterocycles. The second-order valence-corrected chi connectivity index (χ2v) is 10.9. The Morgan fingerprint density at radius 2 is 1.64 bits per heavy atom. The van der Waals surface area contributed by atoms with Gasteiger partial charge in [-0.05, 0) is 17.5 Å². The summed E-state index contributed by atoms with van der Waals surface area (Å²) in [6.07, 6.45) is 1.10. The zero-order chi connectivity index (χ0) is 10.8. The maximum Gasteiger partial charge on any atom is 0.0704 e. The van der Waals surface area contributed by atoms with Crippen LogP contribution in [0.4, 0.5) is 0 Å². The highest BCUT2D eigenvalue weighted by Crippen LogP contribution is 2.30. The van der Waals surface area contributed by atoms with Gasteiger partial charge >= 0.3 is 0 Å². The van der Waals surface area contributed by atoms with Gasteiger partial charge in [0.1, 0.15) is 0 Å². The number of halogens is 1. The number of aryl methyl sites for hydroxylation is 1. The van der Waals surface area contributed by atoms with E-state index in [1.54, 1.807) is 0 Å². The average molecular weight is 227 g/mol. The van der Waals surface area contributed by atoms with Crippen LogP contribution in [0.15, 0.2) is 24.3 Å². The minimum absolute atomic E-state index is 0.230. The molecule has 0 saturated carbocycles. The number of rotatable bonds is 3. The smallest absolute Gasteiger partial charge is 0.0704 e. The first-order chi connectivity index (χ1) is 6.45. The van der Waals surface area contributed by atoms with Crippen LogP contribution < -0.4 is 0 Å². The molecule has 0 nitrogen and oxygen atoms in total. The van der Waals surface area contributed by atoms with E-state index >= 15 is 0 Å². The van der Waals surface area contributed by atoms with Gasteiger partial charge in [-0.3, -0.25) is 0 Å². The van der Waals surface area contributed by atoms with Crippen molar-refractivity contribution >= 4 is 19.7 Å². The summed E-state index contributed by atoms with van der Waals surface area (Å²) in [5.41, 5.74) is 2.66. The zero-order valence-corrected chi connectivity index (χ0v) is 11.2. The van der Waals surface area contributed by atoms with Crippen LogP contribution >= 0.6 is 11.6 Å². The number of hydrogen-bond donors (Lipinski definition) is 0. The van der Waals surface area contributed by atoms with E-state index in [2.05, 4.69) is 50.8 Å². The first kappa shape index (κ1) is 11.8. The highest BCUT2D eigenvalue weighted by atomic mass is 35.5. The third-order valence-corrected chi connectivity index (χ3v) is 6.51. The standard InChI is InChI=1S/C12H19ClSi/c1-5-10-6-8-11(9-7-10)12(13)14(2,3)4/h6-9,12H,5H2,1-4H3. The van der Waals surface area contributed by atoms with Gasteiger partial charge in [0.2, 0.25) is 0 Å². The van der Waals surface area contributed by atoms with Gasteiger partial charge in [-0.25, -0.2) is 0 Å². The molecular weight excluding hydrogens is 208 g/mol. The van der Waals surface area contributed by atoms with E-state index in [9.17, 15) is 0 Å². The van der Waals surface area contributed by atoms with E-state index in [0.29, 0.717) is 0 Å². The molecule has 0 fully saturated rings. The molecule has 1 atom stereocenters. The number of hydrogen-bond acceptors (Lipinski definition) is 0. The lowest BCUT2D eigenvalue weighted by atomic mass is 10.1. The van der Waals surface area contributed by atoms with Gasteiger partial charge in [-0.1, -0.05) is 50.8 Å². The van der Waals surface area contributed by atoms with Crippen molar-refractivity contribution in [3.8, 4) is 0 Å². The summed E-state index contributed by atoms with van der Waals surface area (Å²) < 4.78 is 0. The average Bonchev–Trinajstić information content (AvgIpc) is 2.15. The molecule has 0 saturated heterocycles. The lowest BCUT2D eigenvalue weighted by Gasteiger charge is -2.23. The third kappa shape index (κ3) is 2.86. The molecule has 0 amide bonds. The van der Waals surface area contributed by atoms with Crippen molar-refractivity contribution in [2.75, 3.05) is 0 Å². The molecule has 0 aliphatic rings. The Hall–Kier alpha value is -0.273. The van der Waals surface area contributed by atoms with Crippen molar-refractivity contribution in [2.45, 2.75) is 38.0 Å². The number of alkyl halides is 1. The Labute approximate surface area is 93.3 Å². The molecule has 0 aliphatic heterocycles. The summed E-state index contributed by atoms with van der Waals surface area (Å²) in [6.45, 7) is 9.08. The Morgan fingerprint density at radius 3 is 2.00 bits per heavy atom. The molecule has 0 bridgehead atoms. The molecule has 0 heterocycles. The molecule has 0 spiro atoms. The molecule has 1 rings (SSSR count). The van der Waals surface area contributed by atoms with Gasteiger partial charge in [-0.2, -0.15) is 0 Å². The second-order valence-electron chi connectivity index (χ2n) is 4.82. The summed E-state index contributed by atoms with van der Waals surface area (Å²) in [7, 11) is -1.26. The molecule has 0 aliphatic carbocycles. The van der Waals surface area contributed by atoms with Crippen LogP contribution in [0.3, 0.4) is 0 Å². The van der Waals surface area contributed by atoms with Crippen molar-refractivity contribution in [1.82, 2.24) is 0 Å².